The maximum absolute atomic E-state index is 6.50. The molecule has 1 aliphatic rings. The van der Waals surface area contributed by atoms with E-state index in [4.69, 9.17) is 10.5 Å². The predicted octanol–water partition coefficient (Wildman–Crippen LogP) is 7.23. The first-order valence-corrected chi connectivity index (χ1v) is 13.3. The van der Waals surface area contributed by atoms with Gasteiger partial charge in [0.1, 0.15) is 11.9 Å². The number of nitrogens with two attached hydrogens (primary N) is 1. The van der Waals surface area contributed by atoms with Gasteiger partial charge in [-0.05, 0) is 99.8 Å². The van der Waals surface area contributed by atoms with E-state index in [0.29, 0.717) is 11.8 Å². The summed E-state index contributed by atoms with van der Waals surface area (Å²) in [6.45, 7) is 11.9. The molecule has 3 N–H and O–H groups in total. The molecular formula is C30H48N2O. The zero-order chi connectivity index (χ0) is 23.9. The Labute approximate surface area is 203 Å². The fourth-order valence-corrected chi connectivity index (χ4v) is 4.83. The van der Waals surface area contributed by atoms with Gasteiger partial charge in [-0.25, -0.2) is 0 Å². The van der Waals surface area contributed by atoms with Crippen molar-refractivity contribution in [3.05, 3.63) is 65.2 Å². The Kier molecular flexibility index (Phi) is 13.2. The van der Waals surface area contributed by atoms with Crippen LogP contribution in [-0.2, 0) is 6.42 Å². The molecule has 0 saturated heterocycles. The number of nitrogens with one attached hydrogen (secondary N) is 1. The van der Waals surface area contributed by atoms with E-state index in [2.05, 4.69) is 81.5 Å². The van der Waals surface area contributed by atoms with Crippen LogP contribution in [0.1, 0.15) is 88.5 Å². The number of hydrogen-bond acceptors (Lipinski definition) is 3. The van der Waals surface area contributed by atoms with Crippen LogP contribution < -0.4 is 15.8 Å². The maximum atomic E-state index is 6.50. The third-order valence-corrected chi connectivity index (χ3v) is 6.60. The Morgan fingerprint density at radius 1 is 0.970 bits per heavy atom. The lowest BCUT2D eigenvalue weighted by atomic mass is 9.91. The summed E-state index contributed by atoms with van der Waals surface area (Å²) in [6.07, 6.45) is 10.00. The van der Waals surface area contributed by atoms with E-state index < -0.39 is 0 Å². The lowest BCUT2D eigenvalue weighted by Gasteiger charge is -2.23. The quantitative estimate of drug-likeness (QED) is 0.315. The molecule has 0 bridgehead atoms. The predicted molar refractivity (Wildman–Crippen MR) is 143 cm³/mol. The van der Waals surface area contributed by atoms with Crippen LogP contribution in [0.15, 0.2) is 48.5 Å². The van der Waals surface area contributed by atoms with Crippen molar-refractivity contribution in [1.29, 1.82) is 0 Å². The Balaban J connectivity index is 0.000000479. The maximum Gasteiger partial charge on any atom is 0.127 e. The Morgan fingerprint density at radius 2 is 1.73 bits per heavy atom. The molecule has 0 radical (unpaired) electrons. The molecule has 1 aliphatic carbocycles. The van der Waals surface area contributed by atoms with Crippen LogP contribution in [0, 0.1) is 18.8 Å². The van der Waals surface area contributed by atoms with Gasteiger partial charge in [-0.15, -0.1) is 0 Å². The second-order valence-electron chi connectivity index (χ2n) is 9.59. The van der Waals surface area contributed by atoms with Gasteiger partial charge in [0.25, 0.3) is 0 Å². The summed E-state index contributed by atoms with van der Waals surface area (Å²) >= 11 is 0. The topological polar surface area (TPSA) is 47.3 Å². The molecule has 2 unspecified atom stereocenters. The molecule has 3 atom stereocenters. The van der Waals surface area contributed by atoms with Gasteiger partial charge < -0.3 is 15.8 Å². The molecule has 0 amide bonds. The van der Waals surface area contributed by atoms with Gasteiger partial charge in [-0.3, -0.25) is 0 Å². The van der Waals surface area contributed by atoms with E-state index in [1.54, 1.807) is 0 Å². The van der Waals surface area contributed by atoms with E-state index >= 15 is 0 Å². The highest BCUT2D eigenvalue weighted by molar-refractivity contribution is 5.36. The van der Waals surface area contributed by atoms with Crippen LogP contribution in [0.3, 0.4) is 0 Å². The van der Waals surface area contributed by atoms with Crippen molar-refractivity contribution in [2.45, 2.75) is 85.2 Å². The van der Waals surface area contributed by atoms with Gasteiger partial charge in [0.2, 0.25) is 0 Å². The van der Waals surface area contributed by atoms with Gasteiger partial charge in [0, 0.05) is 5.92 Å². The smallest absolute Gasteiger partial charge is 0.127 e. The third kappa shape index (κ3) is 9.51. The second kappa shape index (κ2) is 15.9. The lowest BCUT2D eigenvalue weighted by molar-refractivity contribution is 0.140. The lowest BCUT2D eigenvalue weighted by Crippen LogP contribution is -2.17. The summed E-state index contributed by atoms with van der Waals surface area (Å²) in [5.74, 6) is 2.23. The van der Waals surface area contributed by atoms with E-state index in [-0.39, 0.29) is 6.10 Å². The van der Waals surface area contributed by atoms with Crippen molar-refractivity contribution < 1.29 is 4.74 Å². The minimum atomic E-state index is 0.176. The number of ether oxygens (including phenoxy) is 1. The first-order chi connectivity index (χ1) is 16.1. The summed E-state index contributed by atoms with van der Waals surface area (Å²) in [4.78, 5) is 0. The first kappa shape index (κ1) is 27.4. The largest absolute Gasteiger partial charge is 0.485 e. The molecule has 2 aromatic carbocycles. The summed E-state index contributed by atoms with van der Waals surface area (Å²) < 4.78 is 6.50. The summed E-state index contributed by atoms with van der Waals surface area (Å²) in [5.41, 5.74) is 10.0. The molecule has 0 saturated carbocycles. The highest BCUT2D eigenvalue weighted by atomic mass is 16.5. The summed E-state index contributed by atoms with van der Waals surface area (Å²) in [6, 6.07) is 17.2. The van der Waals surface area contributed by atoms with Crippen molar-refractivity contribution in [3.8, 4) is 5.75 Å². The highest BCUT2D eigenvalue weighted by Crippen LogP contribution is 2.42. The molecule has 0 spiro atoms. The van der Waals surface area contributed by atoms with E-state index in [1.807, 2.05) is 0 Å². The second-order valence-corrected chi connectivity index (χ2v) is 9.59. The normalized spacial score (nSPS) is 17.7. The molecule has 2 aromatic rings. The van der Waals surface area contributed by atoms with Crippen LogP contribution in [0.25, 0.3) is 0 Å². The van der Waals surface area contributed by atoms with Gasteiger partial charge in [-0.1, -0.05) is 70.0 Å². The van der Waals surface area contributed by atoms with Gasteiger partial charge in [-0.2, -0.15) is 0 Å². The molecule has 0 aliphatic heterocycles. The number of aryl methyl sites for hydroxylation is 1. The van der Waals surface area contributed by atoms with E-state index in [9.17, 15) is 0 Å². The molecule has 3 rings (SSSR count). The number of hydrogen-bond donors (Lipinski definition) is 2. The van der Waals surface area contributed by atoms with Crippen molar-refractivity contribution in [2.75, 3.05) is 19.6 Å². The Morgan fingerprint density at radius 3 is 2.39 bits per heavy atom. The fourth-order valence-electron chi connectivity index (χ4n) is 4.83. The van der Waals surface area contributed by atoms with Crippen LogP contribution in [0.2, 0.25) is 0 Å². The molecule has 3 nitrogen and oxygen atoms in total. The summed E-state index contributed by atoms with van der Waals surface area (Å²) in [5, 5.41) is 3.28. The highest BCUT2D eigenvalue weighted by Gasteiger charge is 2.33. The standard InChI is InChI=1S/C24H33NO.C6H15N/c1-3-8-19(17-25)10-7-12-21-16-20-11-4-5-14-23(20)24(21)26-22-13-6-9-18(2)15-22;1-3-5-7-6-4-2/h4-6,9,11,13-15,19,21,24H,3,7-8,10,12,16-17,25H2,1-2H3;7H,3-6H2,1-2H3/t19?,21-,24?;/m1./s1. The molecule has 0 heterocycles. The molecule has 184 valence electrons. The number of rotatable bonds is 13. The number of benzene rings is 2. The van der Waals surface area contributed by atoms with Gasteiger partial charge in [0.05, 0.1) is 0 Å². The molecule has 0 fully saturated rings. The zero-order valence-corrected chi connectivity index (χ0v) is 21.6. The van der Waals surface area contributed by atoms with E-state index in [1.165, 1.54) is 74.7 Å². The Bertz CT molecular complexity index is 771. The zero-order valence-electron chi connectivity index (χ0n) is 21.6. The van der Waals surface area contributed by atoms with Crippen LogP contribution >= 0.6 is 0 Å². The number of fused-ring (bicyclic) bond motifs is 1. The Hall–Kier alpha value is -1.84. The van der Waals surface area contributed by atoms with Crippen LogP contribution in [0.5, 0.6) is 5.75 Å². The van der Waals surface area contributed by atoms with Gasteiger partial charge >= 0.3 is 0 Å². The fraction of sp³-hybridized carbons (Fsp3) is 0.600. The van der Waals surface area contributed by atoms with Crippen molar-refractivity contribution in [3.63, 3.8) is 0 Å². The van der Waals surface area contributed by atoms with Crippen LogP contribution in [-0.4, -0.2) is 19.6 Å². The third-order valence-electron chi connectivity index (χ3n) is 6.60. The minimum absolute atomic E-state index is 0.176. The van der Waals surface area contributed by atoms with Crippen molar-refractivity contribution >= 4 is 0 Å². The monoisotopic (exact) mass is 452 g/mol. The molecule has 0 aromatic heterocycles. The first-order valence-electron chi connectivity index (χ1n) is 13.3. The summed E-state index contributed by atoms with van der Waals surface area (Å²) in [7, 11) is 0. The SMILES string of the molecule is CCCC(CN)CCC[C@@H]1Cc2ccccc2C1Oc1cccc(C)c1.CCCNCCC. The molecule has 33 heavy (non-hydrogen) atoms. The van der Waals surface area contributed by atoms with Gasteiger partial charge in [0.15, 0.2) is 0 Å². The average molecular weight is 453 g/mol. The average Bonchev–Trinajstić information content (AvgIpc) is 3.16. The minimum Gasteiger partial charge on any atom is -0.485 e. The molecular weight excluding hydrogens is 404 g/mol. The van der Waals surface area contributed by atoms with Crippen molar-refractivity contribution in [1.82, 2.24) is 5.32 Å². The van der Waals surface area contributed by atoms with Crippen LogP contribution in [0.4, 0.5) is 0 Å². The molecule has 3 heteroatoms. The van der Waals surface area contributed by atoms with E-state index in [0.717, 1.165) is 18.7 Å². The van der Waals surface area contributed by atoms with Crippen molar-refractivity contribution in [2.24, 2.45) is 17.6 Å².